The quantitative estimate of drug-likeness (QED) is 0.520. The van der Waals surface area contributed by atoms with Crippen molar-refractivity contribution < 1.29 is 9.59 Å². The zero-order valence-corrected chi connectivity index (χ0v) is 21.1. The molecule has 184 valence electrons. The van der Waals surface area contributed by atoms with Crippen LogP contribution in [0.5, 0.6) is 0 Å². The first-order valence-corrected chi connectivity index (χ1v) is 13.2. The Bertz CT molecular complexity index is 1210. The van der Waals surface area contributed by atoms with E-state index in [1.54, 1.807) is 4.90 Å². The average molecular weight is 493 g/mol. The summed E-state index contributed by atoms with van der Waals surface area (Å²) in [5.74, 6) is 0.131. The molecule has 2 heterocycles. The summed E-state index contributed by atoms with van der Waals surface area (Å²) in [6.45, 7) is 2.72. The number of carbonyl (C=O) groups is 2. The maximum Gasteiger partial charge on any atom is 0.290 e. The molecule has 1 N–H and O–H groups in total. The van der Waals surface area contributed by atoms with Gasteiger partial charge in [-0.05, 0) is 56.0 Å². The van der Waals surface area contributed by atoms with E-state index in [0.717, 1.165) is 42.3 Å². The molecule has 3 aromatic rings. The van der Waals surface area contributed by atoms with Crippen LogP contribution in [0.3, 0.4) is 0 Å². The lowest BCUT2D eigenvalue weighted by Gasteiger charge is -2.44. The van der Waals surface area contributed by atoms with Crippen LogP contribution in [-0.2, 0) is 17.8 Å². The van der Waals surface area contributed by atoms with Gasteiger partial charge in [-0.25, -0.2) is 4.98 Å². The summed E-state index contributed by atoms with van der Waals surface area (Å²) in [6, 6.07) is 15.6. The third kappa shape index (κ3) is 4.81. The van der Waals surface area contributed by atoms with Gasteiger partial charge in [-0.3, -0.25) is 9.59 Å². The maximum atomic E-state index is 13.9. The molecule has 0 radical (unpaired) electrons. The fraction of sp³-hybridized carbons (Fsp3) is 0.464. The summed E-state index contributed by atoms with van der Waals surface area (Å²) in [5, 5.41) is 4.02. The van der Waals surface area contributed by atoms with Gasteiger partial charge in [0.2, 0.25) is 5.91 Å². The molecule has 0 saturated heterocycles. The first-order chi connectivity index (χ1) is 17.0. The van der Waals surface area contributed by atoms with Gasteiger partial charge in [-0.2, -0.15) is 0 Å². The molecule has 1 aromatic heterocycles. The number of rotatable bonds is 5. The lowest BCUT2D eigenvalue weighted by Crippen LogP contribution is -2.65. The Hall–Kier alpha value is -2.86. The fourth-order valence-electron chi connectivity index (χ4n) is 5.51. The first-order valence-electron chi connectivity index (χ1n) is 12.8. The van der Waals surface area contributed by atoms with Crippen molar-refractivity contribution in [2.45, 2.75) is 76.4 Å². The van der Waals surface area contributed by atoms with Gasteiger partial charge in [0.15, 0.2) is 5.82 Å². The van der Waals surface area contributed by atoms with Crippen molar-refractivity contribution >= 4 is 34.4 Å². The van der Waals surface area contributed by atoms with E-state index in [1.165, 1.54) is 19.3 Å². The SMILES string of the molecule is C[C@@]1(C(=O)NC2CCCCCCC2)Cn2c(nc3ccccc32)C(=O)N1CCc1ccc(Cl)cc1. The highest BCUT2D eigenvalue weighted by Gasteiger charge is 2.48. The van der Waals surface area contributed by atoms with Crippen LogP contribution in [-0.4, -0.2) is 44.4 Å². The Labute approximate surface area is 211 Å². The second-order valence-electron chi connectivity index (χ2n) is 10.1. The number of halogens is 1. The molecule has 1 aliphatic carbocycles. The van der Waals surface area contributed by atoms with E-state index in [2.05, 4.69) is 10.3 Å². The van der Waals surface area contributed by atoms with Crippen LogP contribution >= 0.6 is 11.6 Å². The summed E-state index contributed by atoms with van der Waals surface area (Å²) in [6.07, 6.45) is 8.63. The van der Waals surface area contributed by atoms with Crippen molar-refractivity contribution in [3.05, 3.63) is 64.9 Å². The molecule has 6 nitrogen and oxygen atoms in total. The number of imidazole rings is 1. The fourth-order valence-corrected chi connectivity index (χ4v) is 5.64. The van der Waals surface area contributed by atoms with Crippen molar-refractivity contribution in [1.82, 2.24) is 19.8 Å². The smallest absolute Gasteiger partial charge is 0.290 e. The molecule has 1 atom stereocenters. The number of para-hydroxylation sites is 2. The Morgan fingerprint density at radius 2 is 1.74 bits per heavy atom. The lowest BCUT2D eigenvalue weighted by atomic mass is 9.92. The number of nitrogens with one attached hydrogen (secondary N) is 1. The number of carbonyl (C=O) groups excluding carboxylic acids is 2. The van der Waals surface area contributed by atoms with Crippen molar-refractivity contribution in [3.8, 4) is 0 Å². The standard InChI is InChI=1S/C28H33ClN4O2/c1-28(27(35)30-22-9-5-3-2-4-6-10-22)19-32-24-12-8-7-11-23(24)31-25(32)26(34)33(28)18-17-20-13-15-21(29)16-14-20/h7-8,11-16,22H,2-6,9-10,17-19H2,1H3,(H,30,35)/t28-/m0/s1. The van der Waals surface area contributed by atoms with Gasteiger partial charge in [-0.1, -0.05) is 68.0 Å². The van der Waals surface area contributed by atoms with Crippen molar-refractivity contribution in [3.63, 3.8) is 0 Å². The number of hydrogen-bond donors (Lipinski definition) is 1. The molecular weight excluding hydrogens is 460 g/mol. The van der Waals surface area contributed by atoms with E-state index in [-0.39, 0.29) is 17.9 Å². The van der Waals surface area contributed by atoms with Crippen molar-refractivity contribution in [2.75, 3.05) is 6.54 Å². The summed E-state index contributed by atoms with van der Waals surface area (Å²) < 4.78 is 1.92. The maximum absolute atomic E-state index is 13.9. The first kappa shape index (κ1) is 23.9. The monoisotopic (exact) mass is 492 g/mol. The Balaban J connectivity index is 1.46. The Morgan fingerprint density at radius 1 is 1.06 bits per heavy atom. The molecule has 1 fully saturated rings. The minimum absolute atomic E-state index is 0.0732. The molecule has 2 aromatic carbocycles. The molecule has 0 unspecified atom stereocenters. The highest BCUT2D eigenvalue weighted by molar-refractivity contribution is 6.30. The summed E-state index contributed by atoms with van der Waals surface area (Å²) in [7, 11) is 0. The van der Waals surface area contributed by atoms with Crippen LogP contribution in [0.4, 0.5) is 0 Å². The van der Waals surface area contributed by atoms with Gasteiger partial charge in [0, 0.05) is 17.6 Å². The van der Waals surface area contributed by atoms with Crippen LogP contribution in [0.25, 0.3) is 11.0 Å². The molecular formula is C28H33ClN4O2. The predicted octanol–water partition coefficient (Wildman–Crippen LogP) is 5.38. The number of nitrogens with zero attached hydrogens (tertiary/aromatic N) is 3. The minimum atomic E-state index is -1.01. The molecule has 1 aliphatic heterocycles. The average Bonchev–Trinajstić information content (AvgIpc) is 3.20. The number of amides is 2. The number of fused-ring (bicyclic) bond motifs is 3. The molecule has 0 spiro atoms. The number of hydrogen-bond acceptors (Lipinski definition) is 3. The van der Waals surface area contributed by atoms with Crippen LogP contribution < -0.4 is 5.32 Å². The van der Waals surface area contributed by atoms with Crippen LogP contribution in [0.15, 0.2) is 48.5 Å². The molecule has 7 heteroatoms. The van der Waals surface area contributed by atoms with Gasteiger partial charge in [0.25, 0.3) is 5.91 Å². The normalized spacial score (nSPS) is 21.4. The van der Waals surface area contributed by atoms with Gasteiger partial charge in [-0.15, -0.1) is 0 Å². The van der Waals surface area contributed by atoms with Crippen LogP contribution in [0.1, 0.15) is 68.1 Å². The second kappa shape index (κ2) is 10.0. The van der Waals surface area contributed by atoms with Gasteiger partial charge >= 0.3 is 0 Å². The molecule has 35 heavy (non-hydrogen) atoms. The predicted molar refractivity (Wildman–Crippen MR) is 139 cm³/mol. The molecule has 1 saturated carbocycles. The highest BCUT2D eigenvalue weighted by Crippen LogP contribution is 2.31. The third-order valence-electron chi connectivity index (χ3n) is 7.62. The van der Waals surface area contributed by atoms with Gasteiger partial charge in [0.05, 0.1) is 17.6 Å². The van der Waals surface area contributed by atoms with Crippen LogP contribution in [0.2, 0.25) is 5.02 Å². The van der Waals surface area contributed by atoms with Gasteiger partial charge < -0.3 is 14.8 Å². The molecule has 5 rings (SSSR count). The topological polar surface area (TPSA) is 67.2 Å². The van der Waals surface area contributed by atoms with Crippen LogP contribution in [0, 0.1) is 0 Å². The summed E-state index contributed by atoms with van der Waals surface area (Å²) in [4.78, 5) is 34.1. The highest BCUT2D eigenvalue weighted by atomic mass is 35.5. The zero-order chi connectivity index (χ0) is 24.4. The van der Waals surface area contributed by atoms with E-state index >= 15 is 0 Å². The van der Waals surface area contributed by atoms with Gasteiger partial charge in [0.1, 0.15) is 5.54 Å². The Morgan fingerprint density at radius 3 is 2.49 bits per heavy atom. The molecule has 2 aliphatic rings. The zero-order valence-electron chi connectivity index (χ0n) is 20.3. The molecule has 0 bridgehead atoms. The van der Waals surface area contributed by atoms with E-state index in [0.29, 0.717) is 30.4 Å². The summed E-state index contributed by atoms with van der Waals surface area (Å²) in [5.41, 5.74) is 1.72. The number of benzene rings is 2. The largest absolute Gasteiger partial charge is 0.351 e. The van der Waals surface area contributed by atoms with E-state index in [4.69, 9.17) is 11.6 Å². The van der Waals surface area contributed by atoms with E-state index < -0.39 is 5.54 Å². The van der Waals surface area contributed by atoms with E-state index in [1.807, 2.05) is 60.0 Å². The number of aromatic nitrogens is 2. The third-order valence-corrected chi connectivity index (χ3v) is 7.87. The Kier molecular flexibility index (Phi) is 6.83. The molecule has 2 amide bonds. The summed E-state index contributed by atoms with van der Waals surface area (Å²) >= 11 is 6.05. The second-order valence-corrected chi connectivity index (χ2v) is 10.6. The van der Waals surface area contributed by atoms with E-state index in [9.17, 15) is 9.59 Å². The minimum Gasteiger partial charge on any atom is -0.351 e. The van der Waals surface area contributed by atoms with Crippen molar-refractivity contribution in [1.29, 1.82) is 0 Å². The lowest BCUT2D eigenvalue weighted by molar-refractivity contribution is -0.133. The van der Waals surface area contributed by atoms with Crippen molar-refractivity contribution in [2.24, 2.45) is 0 Å².